The van der Waals surface area contributed by atoms with E-state index in [1.807, 2.05) is 30.4 Å². The minimum Gasteiger partial charge on any atom is -0.493 e. The first-order valence-electron chi connectivity index (χ1n) is 6.22. The van der Waals surface area contributed by atoms with Gasteiger partial charge in [-0.15, -0.1) is 11.8 Å². The Bertz CT molecular complexity index is 476. The summed E-state index contributed by atoms with van der Waals surface area (Å²) < 4.78 is 0. The van der Waals surface area contributed by atoms with Gasteiger partial charge in [0.1, 0.15) is 5.82 Å². The molecule has 0 aliphatic carbocycles. The Kier molecular flexibility index (Phi) is 4.61. The number of H-pyrrole nitrogens is 1. The van der Waals surface area contributed by atoms with Crippen molar-refractivity contribution in [3.05, 3.63) is 21.7 Å². The fourth-order valence-corrected chi connectivity index (χ4v) is 5.13. The maximum Gasteiger partial charge on any atom is 0.257 e. The van der Waals surface area contributed by atoms with Gasteiger partial charge in [0.15, 0.2) is 0 Å². The third-order valence-corrected chi connectivity index (χ3v) is 6.34. The zero-order valence-corrected chi connectivity index (χ0v) is 12.2. The van der Waals surface area contributed by atoms with E-state index >= 15 is 0 Å². The predicted octanol–water partition coefficient (Wildman–Crippen LogP) is 2.34. The summed E-state index contributed by atoms with van der Waals surface area (Å²) in [4.78, 5) is 18.9. The first-order valence-corrected chi connectivity index (χ1v) is 8.32. The summed E-state index contributed by atoms with van der Waals surface area (Å²) in [6.07, 6.45) is 1.54. The van der Waals surface area contributed by atoms with Crippen molar-refractivity contribution in [2.24, 2.45) is 0 Å². The van der Waals surface area contributed by atoms with Crippen LogP contribution in [0, 0.1) is 0 Å². The molecule has 0 bridgehead atoms. The van der Waals surface area contributed by atoms with E-state index in [9.17, 15) is 9.90 Å². The average Bonchev–Trinajstić information content (AvgIpc) is 2.38. The number of hydrogen-bond acceptors (Lipinski definition) is 5. The van der Waals surface area contributed by atoms with Gasteiger partial charge >= 0.3 is 0 Å². The standard InChI is InChI=1S/C12H18N2O2S2/c1-3-7-11(15)13-10(14-12(7)16)9-8(4-2)17-5-6-18-9/h8-9H,3-6H2,1-2H3,(H2,13,14,15,16). The number of rotatable bonds is 3. The molecule has 1 aromatic rings. The molecule has 1 aromatic heterocycles. The van der Waals surface area contributed by atoms with E-state index in [4.69, 9.17) is 0 Å². The van der Waals surface area contributed by atoms with Crippen LogP contribution >= 0.6 is 23.5 Å². The van der Waals surface area contributed by atoms with E-state index in [0.717, 1.165) is 17.9 Å². The van der Waals surface area contributed by atoms with Crippen molar-refractivity contribution in [3.8, 4) is 5.88 Å². The number of thioether (sulfide) groups is 2. The molecule has 2 N–H and O–H groups in total. The zero-order valence-electron chi connectivity index (χ0n) is 10.6. The molecule has 100 valence electrons. The van der Waals surface area contributed by atoms with Gasteiger partial charge in [-0.1, -0.05) is 13.8 Å². The highest BCUT2D eigenvalue weighted by atomic mass is 32.2. The van der Waals surface area contributed by atoms with Crippen LogP contribution in [-0.4, -0.2) is 31.8 Å². The van der Waals surface area contributed by atoms with E-state index in [1.54, 1.807) is 0 Å². The lowest BCUT2D eigenvalue weighted by atomic mass is 10.2. The molecule has 2 rings (SSSR count). The third-order valence-electron chi connectivity index (χ3n) is 3.09. The highest BCUT2D eigenvalue weighted by Gasteiger charge is 2.29. The molecule has 6 heteroatoms. The Balaban J connectivity index is 2.35. The van der Waals surface area contributed by atoms with Crippen molar-refractivity contribution in [3.63, 3.8) is 0 Å². The minimum absolute atomic E-state index is 0.109. The normalized spacial score (nSPS) is 24.1. The number of aromatic amines is 1. The Morgan fingerprint density at radius 2 is 2.11 bits per heavy atom. The molecule has 0 radical (unpaired) electrons. The van der Waals surface area contributed by atoms with E-state index in [1.165, 1.54) is 0 Å². The van der Waals surface area contributed by atoms with Gasteiger partial charge < -0.3 is 10.1 Å². The quantitative estimate of drug-likeness (QED) is 0.893. The van der Waals surface area contributed by atoms with Crippen LogP contribution in [-0.2, 0) is 6.42 Å². The number of aromatic hydroxyl groups is 1. The molecular weight excluding hydrogens is 268 g/mol. The fourth-order valence-electron chi connectivity index (χ4n) is 2.11. The van der Waals surface area contributed by atoms with Crippen LogP contribution in [0.3, 0.4) is 0 Å². The smallest absolute Gasteiger partial charge is 0.257 e. The van der Waals surface area contributed by atoms with Crippen molar-refractivity contribution in [1.29, 1.82) is 0 Å². The van der Waals surface area contributed by atoms with Gasteiger partial charge in [-0.3, -0.25) is 4.79 Å². The first-order chi connectivity index (χ1) is 8.67. The monoisotopic (exact) mass is 286 g/mol. The molecule has 4 nitrogen and oxygen atoms in total. The Hall–Kier alpha value is -0.620. The van der Waals surface area contributed by atoms with Gasteiger partial charge in [0, 0.05) is 16.8 Å². The lowest BCUT2D eigenvalue weighted by Crippen LogP contribution is -2.24. The second-order valence-electron chi connectivity index (χ2n) is 4.22. The van der Waals surface area contributed by atoms with Crippen LogP contribution in [0.4, 0.5) is 0 Å². The highest BCUT2D eigenvalue weighted by Crippen LogP contribution is 2.42. The minimum atomic E-state index is -0.203. The van der Waals surface area contributed by atoms with Gasteiger partial charge in [0.2, 0.25) is 5.88 Å². The summed E-state index contributed by atoms with van der Waals surface area (Å²) in [7, 11) is 0. The van der Waals surface area contributed by atoms with Gasteiger partial charge in [-0.05, 0) is 12.8 Å². The van der Waals surface area contributed by atoms with Crippen LogP contribution in [0.1, 0.15) is 36.9 Å². The van der Waals surface area contributed by atoms with Crippen LogP contribution in [0.15, 0.2) is 4.79 Å². The summed E-state index contributed by atoms with van der Waals surface area (Å²) >= 11 is 3.74. The van der Waals surface area contributed by atoms with Crippen LogP contribution in [0.5, 0.6) is 5.88 Å². The largest absolute Gasteiger partial charge is 0.493 e. The summed E-state index contributed by atoms with van der Waals surface area (Å²) in [6.45, 7) is 3.99. The maximum atomic E-state index is 11.9. The molecule has 1 aliphatic heterocycles. The van der Waals surface area contributed by atoms with E-state index in [0.29, 0.717) is 23.1 Å². The van der Waals surface area contributed by atoms with Crippen molar-refractivity contribution in [2.75, 3.05) is 11.5 Å². The molecule has 1 saturated heterocycles. The topological polar surface area (TPSA) is 66.0 Å². The molecule has 0 saturated carbocycles. The second kappa shape index (κ2) is 6.02. The Morgan fingerprint density at radius 1 is 1.39 bits per heavy atom. The SMILES string of the molecule is CCc1c(O)nc(C2SCCSC2CC)[nH]c1=O. The molecule has 18 heavy (non-hydrogen) atoms. The number of nitrogens with one attached hydrogen (secondary N) is 1. The zero-order chi connectivity index (χ0) is 13.1. The Morgan fingerprint density at radius 3 is 2.72 bits per heavy atom. The maximum absolute atomic E-state index is 11.9. The summed E-state index contributed by atoms with van der Waals surface area (Å²) in [5, 5.41) is 10.5. The van der Waals surface area contributed by atoms with Gasteiger partial charge in [-0.2, -0.15) is 16.7 Å². The third kappa shape index (κ3) is 2.69. The van der Waals surface area contributed by atoms with Crippen molar-refractivity contribution in [1.82, 2.24) is 9.97 Å². The van der Waals surface area contributed by atoms with Crippen molar-refractivity contribution < 1.29 is 5.11 Å². The van der Waals surface area contributed by atoms with Gasteiger partial charge in [-0.25, -0.2) is 0 Å². The highest BCUT2D eigenvalue weighted by molar-refractivity contribution is 8.06. The molecular formula is C12H18N2O2S2. The lowest BCUT2D eigenvalue weighted by Gasteiger charge is -2.29. The second-order valence-corrected chi connectivity index (χ2v) is 6.81. The fraction of sp³-hybridized carbons (Fsp3) is 0.667. The molecule has 2 atom stereocenters. The number of aromatic nitrogens is 2. The van der Waals surface area contributed by atoms with Crippen LogP contribution in [0.25, 0.3) is 0 Å². The van der Waals surface area contributed by atoms with Gasteiger partial charge in [0.05, 0.1) is 10.8 Å². The number of nitrogens with zero attached hydrogens (tertiary/aromatic N) is 1. The van der Waals surface area contributed by atoms with Crippen LogP contribution in [0.2, 0.25) is 0 Å². The van der Waals surface area contributed by atoms with E-state index in [2.05, 4.69) is 16.9 Å². The summed E-state index contributed by atoms with van der Waals surface area (Å²) in [5.74, 6) is 2.72. The van der Waals surface area contributed by atoms with E-state index in [-0.39, 0.29) is 16.7 Å². The number of hydrogen-bond donors (Lipinski definition) is 2. The van der Waals surface area contributed by atoms with Crippen molar-refractivity contribution >= 4 is 23.5 Å². The first kappa shape index (κ1) is 13.8. The predicted molar refractivity (Wildman–Crippen MR) is 77.6 cm³/mol. The van der Waals surface area contributed by atoms with Crippen LogP contribution < -0.4 is 5.56 Å². The summed E-state index contributed by atoms with van der Waals surface area (Å²) in [5.41, 5.74) is 0.172. The van der Waals surface area contributed by atoms with E-state index < -0.39 is 0 Å². The molecule has 0 spiro atoms. The average molecular weight is 286 g/mol. The molecule has 1 fully saturated rings. The van der Waals surface area contributed by atoms with Gasteiger partial charge in [0.25, 0.3) is 5.56 Å². The molecule has 0 amide bonds. The lowest BCUT2D eigenvalue weighted by molar-refractivity contribution is 0.439. The molecule has 1 aliphatic rings. The Labute approximate surface area is 115 Å². The van der Waals surface area contributed by atoms with Crippen molar-refractivity contribution in [2.45, 2.75) is 37.2 Å². The summed E-state index contributed by atoms with van der Waals surface area (Å²) in [6, 6.07) is 0. The molecule has 0 aromatic carbocycles. The molecule has 2 unspecified atom stereocenters. The molecule has 2 heterocycles.